The van der Waals surface area contributed by atoms with Gasteiger partial charge in [-0.25, -0.2) is 13.1 Å². The van der Waals surface area contributed by atoms with Gasteiger partial charge < -0.3 is 10.6 Å². The second-order valence-electron chi connectivity index (χ2n) is 4.08. The first-order chi connectivity index (χ1) is 7.84. The number of nitrogens with two attached hydrogens (primary N) is 1. The molecular weight excluding hydrogens is 240 g/mol. The molecule has 0 aliphatic heterocycles. The van der Waals surface area contributed by atoms with Crippen molar-refractivity contribution in [1.29, 1.82) is 0 Å². The quantitative estimate of drug-likeness (QED) is 0.769. The number of likely N-dealkylation sites (N-methyl/N-ethyl adjacent to an activating group) is 1. The average Bonchev–Trinajstić information content (AvgIpc) is 2.26. The van der Waals surface area contributed by atoms with Crippen LogP contribution >= 0.6 is 0 Å². The van der Waals surface area contributed by atoms with Crippen molar-refractivity contribution in [3.05, 3.63) is 18.5 Å². The molecule has 0 saturated carbocycles. The van der Waals surface area contributed by atoms with E-state index in [9.17, 15) is 8.42 Å². The predicted octanol–water partition coefficient (Wildman–Crippen LogP) is -0.108. The summed E-state index contributed by atoms with van der Waals surface area (Å²) in [7, 11) is 0.189. The predicted molar refractivity (Wildman–Crippen MR) is 67.0 cm³/mol. The fourth-order valence-electron chi connectivity index (χ4n) is 1.11. The largest absolute Gasteiger partial charge is 0.398 e. The average molecular weight is 258 g/mol. The highest BCUT2D eigenvalue weighted by Crippen LogP contribution is 2.15. The normalized spacial score (nSPS) is 13.9. The third kappa shape index (κ3) is 3.65. The summed E-state index contributed by atoms with van der Waals surface area (Å²) in [6, 6.07) is 1.56. The van der Waals surface area contributed by atoms with Crippen molar-refractivity contribution in [2.45, 2.75) is 17.9 Å². The SMILES string of the molecule is CC(CNS(=O)(=O)c1cnccc1N)N(C)C. The molecule has 7 heteroatoms. The molecule has 17 heavy (non-hydrogen) atoms. The van der Waals surface area contributed by atoms with Crippen molar-refractivity contribution >= 4 is 15.7 Å². The van der Waals surface area contributed by atoms with Crippen LogP contribution in [0.15, 0.2) is 23.4 Å². The lowest BCUT2D eigenvalue weighted by Gasteiger charge is -2.20. The van der Waals surface area contributed by atoms with Crippen LogP contribution in [0.25, 0.3) is 0 Å². The smallest absolute Gasteiger partial charge is 0.244 e. The first kappa shape index (κ1) is 13.9. The maximum atomic E-state index is 11.9. The van der Waals surface area contributed by atoms with E-state index in [1.54, 1.807) is 0 Å². The van der Waals surface area contributed by atoms with E-state index in [0.717, 1.165) is 0 Å². The minimum Gasteiger partial charge on any atom is -0.398 e. The van der Waals surface area contributed by atoms with E-state index in [2.05, 4.69) is 9.71 Å². The van der Waals surface area contributed by atoms with Crippen LogP contribution < -0.4 is 10.5 Å². The van der Waals surface area contributed by atoms with Crippen LogP contribution in [0.1, 0.15) is 6.92 Å². The lowest BCUT2D eigenvalue weighted by atomic mass is 10.3. The first-order valence-corrected chi connectivity index (χ1v) is 6.68. The maximum absolute atomic E-state index is 11.9. The Balaban J connectivity index is 2.80. The van der Waals surface area contributed by atoms with E-state index < -0.39 is 10.0 Å². The molecule has 3 N–H and O–H groups in total. The molecule has 0 saturated heterocycles. The summed E-state index contributed by atoms with van der Waals surface area (Å²) in [5.41, 5.74) is 5.80. The summed E-state index contributed by atoms with van der Waals surface area (Å²) in [5.74, 6) is 0. The topological polar surface area (TPSA) is 88.3 Å². The van der Waals surface area contributed by atoms with Crippen LogP contribution in [0.3, 0.4) is 0 Å². The van der Waals surface area contributed by atoms with Crippen LogP contribution in [0, 0.1) is 0 Å². The first-order valence-electron chi connectivity index (χ1n) is 5.20. The van der Waals surface area contributed by atoms with Crippen molar-refractivity contribution in [1.82, 2.24) is 14.6 Å². The number of rotatable bonds is 5. The van der Waals surface area contributed by atoms with Gasteiger partial charge in [-0.1, -0.05) is 0 Å². The standard InChI is InChI=1S/C10H18N4O2S/c1-8(14(2)3)6-13-17(15,16)10-7-12-5-4-9(10)11/h4-5,7-8,13H,6H2,1-3H3,(H2,11,12). The molecule has 1 aromatic heterocycles. The van der Waals surface area contributed by atoms with Gasteiger partial charge in [-0.15, -0.1) is 0 Å². The number of sulfonamides is 1. The minimum absolute atomic E-state index is 0.0194. The van der Waals surface area contributed by atoms with E-state index in [1.807, 2.05) is 25.9 Å². The Labute approximate surface area is 102 Å². The van der Waals surface area contributed by atoms with E-state index in [0.29, 0.717) is 6.54 Å². The zero-order valence-electron chi connectivity index (χ0n) is 10.2. The molecule has 1 aromatic rings. The van der Waals surface area contributed by atoms with Gasteiger partial charge in [-0.3, -0.25) is 4.98 Å². The molecule has 0 amide bonds. The summed E-state index contributed by atoms with van der Waals surface area (Å²) >= 11 is 0. The number of nitrogens with one attached hydrogen (secondary N) is 1. The molecule has 1 heterocycles. The van der Waals surface area contributed by atoms with Crippen molar-refractivity contribution in [2.24, 2.45) is 0 Å². The zero-order valence-corrected chi connectivity index (χ0v) is 11.0. The Morgan fingerprint density at radius 2 is 2.18 bits per heavy atom. The minimum atomic E-state index is -3.58. The van der Waals surface area contributed by atoms with Crippen LogP contribution in [0.4, 0.5) is 5.69 Å². The molecular formula is C10H18N4O2S. The fraction of sp³-hybridized carbons (Fsp3) is 0.500. The van der Waals surface area contributed by atoms with Gasteiger partial charge in [0.25, 0.3) is 0 Å². The number of hydrogen-bond acceptors (Lipinski definition) is 5. The monoisotopic (exact) mass is 258 g/mol. The van der Waals surface area contributed by atoms with Crippen LogP contribution in [-0.4, -0.2) is 45.0 Å². The second-order valence-corrected chi connectivity index (χ2v) is 5.81. The fourth-order valence-corrected chi connectivity index (χ4v) is 2.30. The molecule has 0 radical (unpaired) electrons. The molecule has 6 nitrogen and oxygen atoms in total. The molecule has 1 unspecified atom stereocenters. The van der Waals surface area contributed by atoms with Crippen LogP contribution in [-0.2, 0) is 10.0 Å². The van der Waals surface area contributed by atoms with Crippen molar-refractivity contribution in [2.75, 3.05) is 26.4 Å². The molecule has 0 aromatic carbocycles. The number of nitrogens with zero attached hydrogens (tertiary/aromatic N) is 2. The van der Waals surface area contributed by atoms with Gasteiger partial charge in [0.1, 0.15) is 4.90 Å². The van der Waals surface area contributed by atoms with Crippen LogP contribution in [0.2, 0.25) is 0 Å². The van der Waals surface area contributed by atoms with Gasteiger partial charge in [0, 0.05) is 25.0 Å². The highest BCUT2D eigenvalue weighted by atomic mass is 32.2. The summed E-state index contributed by atoms with van der Waals surface area (Å²) in [5, 5.41) is 0. The summed E-state index contributed by atoms with van der Waals surface area (Å²) in [4.78, 5) is 5.71. The number of nitrogen functional groups attached to an aromatic ring is 1. The number of hydrogen-bond donors (Lipinski definition) is 2. The molecule has 1 rings (SSSR count). The van der Waals surface area contributed by atoms with Gasteiger partial charge in [0.05, 0.1) is 5.69 Å². The number of anilines is 1. The Morgan fingerprint density at radius 3 is 2.71 bits per heavy atom. The Morgan fingerprint density at radius 1 is 1.53 bits per heavy atom. The Kier molecular flexibility index (Phi) is 4.44. The van der Waals surface area contributed by atoms with Gasteiger partial charge in [-0.05, 0) is 27.1 Å². The number of aromatic nitrogens is 1. The molecule has 1 atom stereocenters. The third-order valence-electron chi connectivity index (χ3n) is 2.56. The van der Waals surface area contributed by atoms with Crippen LogP contribution in [0.5, 0.6) is 0 Å². The summed E-state index contributed by atoms with van der Waals surface area (Å²) in [6.45, 7) is 2.25. The lowest BCUT2D eigenvalue weighted by molar-refractivity contribution is 0.314. The van der Waals surface area contributed by atoms with E-state index in [4.69, 9.17) is 5.73 Å². The molecule has 0 bridgehead atoms. The lowest BCUT2D eigenvalue weighted by Crippen LogP contribution is -2.38. The summed E-state index contributed by atoms with van der Waals surface area (Å²) in [6.07, 6.45) is 2.70. The van der Waals surface area contributed by atoms with Gasteiger partial charge in [-0.2, -0.15) is 0 Å². The molecule has 0 fully saturated rings. The van der Waals surface area contributed by atoms with Gasteiger partial charge in [0.15, 0.2) is 0 Å². The summed E-state index contributed by atoms with van der Waals surface area (Å²) < 4.78 is 26.4. The number of pyridine rings is 1. The van der Waals surface area contributed by atoms with Crippen molar-refractivity contribution in [3.63, 3.8) is 0 Å². The van der Waals surface area contributed by atoms with E-state index in [1.165, 1.54) is 18.5 Å². The highest BCUT2D eigenvalue weighted by Gasteiger charge is 2.18. The Bertz CT molecular complexity index is 473. The Hall–Kier alpha value is -1.18. The molecule has 0 aliphatic carbocycles. The van der Waals surface area contributed by atoms with Gasteiger partial charge in [0.2, 0.25) is 10.0 Å². The molecule has 96 valence electrons. The molecule has 0 spiro atoms. The second kappa shape index (κ2) is 5.44. The molecule has 0 aliphatic rings. The van der Waals surface area contributed by atoms with Crippen molar-refractivity contribution in [3.8, 4) is 0 Å². The zero-order chi connectivity index (χ0) is 13.1. The van der Waals surface area contributed by atoms with E-state index >= 15 is 0 Å². The highest BCUT2D eigenvalue weighted by molar-refractivity contribution is 7.89. The maximum Gasteiger partial charge on any atom is 0.244 e. The third-order valence-corrected chi connectivity index (χ3v) is 4.02. The van der Waals surface area contributed by atoms with Gasteiger partial charge >= 0.3 is 0 Å². The van der Waals surface area contributed by atoms with E-state index in [-0.39, 0.29) is 16.6 Å². The van der Waals surface area contributed by atoms with Crippen molar-refractivity contribution < 1.29 is 8.42 Å².